The molecule has 3 heterocycles. The zero-order valence-electron chi connectivity index (χ0n) is 17.0. The van der Waals surface area contributed by atoms with Crippen molar-refractivity contribution in [1.29, 1.82) is 0 Å². The zero-order valence-corrected chi connectivity index (χ0v) is 17.0. The molecule has 0 radical (unpaired) electrons. The predicted octanol–water partition coefficient (Wildman–Crippen LogP) is 1.73. The molecule has 3 saturated heterocycles. The second kappa shape index (κ2) is 8.52. The molecule has 2 amide bonds. The van der Waals surface area contributed by atoms with E-state index in [4.69, 9.17) is 0 Å². The highest BCUT2D eigenvalue weighted by Gasteiger charge is 2.31. The van der Waals surface area contributed by atoms with Gasteiger partial charge in [0.25, 0.3) is 0 Å². The molecule has 28 heavy (non-hydrogen) atoms. The Morgan fingerprint density at radius 3 is 2.54 bits per heavy atom. The Morgan fingerprint density at radius 2 is 1.82 bits per heavy atom. The van der Waals surface area contributed by atoms with E-state index in [0.717, 1.165) is 65.1 Å². The maximum atomic E-state index is 12.7. The van der Waals surface area contributed by atoms with Crippen LogP contribution in [0.3, 0.4) is 0 Å². The lowest BCUT2D eigenvalue weighted by Crippen LogP contribution is -2.56. The van der Waals surface area contributed by atoms with Gasteiger partial charge in [-0.25, -0.2) is 0 Å². The van der Waals surface area contributed by atoms with Crippen LogP contribution in [0.2, 0.25) is 0 Å². The van der Waals surface area contributed by atoms with Crippen LogP contribution in [0.5, 0.6) is 0 Å². The van der Waals surface area contributed by atoms with E-state index in [1.54, 1.807) is 4.90 Å². The molecular weight excluding hydrogens is 352 g/mol. The molecule has 6 heteroatoms. The molecule has 1 aromatic rings. The van der Waals surface area contributed by atoms with E-state index in [1.165, 1.54) is 11.3 Å². The van der Waals surface area contributed by atoms with Gasteiger partial charge in [-0.3, -0.25) is 14.5 Å². The Balaban J connectivity index is 1.30. The highest BCUT2D eigenvalue weighted by atomic mass is 16.2. The molecule has 3 fully saturated rings. The molecule has 1 aromatic carbocycles. The molecule has 3 aliphatic heterocycles. The average molecular weight is 385 g/mol. The Kier molecular flexibility index (Phi) is 5.85. The van der Waals surface area contributed by atoms with Gasteiger partial charge in [-0.15, -0.1) is 0 Å². The number of rotatable bonds is 4. The zero-order chi connectivity index (χ0) is 19.5. The van der Waals surface area contributed by atoms with E-state index in [2.05, 4.69) is 41.0 Å². The number of hydrogen-bond acceptors (Lipinski definition) is 4. The van der Waals surface area contributed by atoms with Gasteiger partial charge in [0.1, 0.15) is 0 Å². The van der Waals surface area contributed by atoms with Crippen LogP contribution in [0.4, 0.5) is 5.69 Å². The van der Waals surface area contributed by atoms with Crippen LogP contribution >= 0.6 is 0 Å². The summed E-state index contributed by atoms with van der Waals surface area (Å²) in [5.74, 6) is 0.257. The number of para-hydroxylation sites is 1. The molecule has 0 unspecified atom stereocenters. The van der Waals surface area contributed by atoms with Crippen molar-refractivity contribution in [2.45, 2.75) is 38.6 Å². The predicted molar refractivity (Wildman–Crippen MR) is 110 cm³/mol. The first-order valence-corrected chi connectivity index (χ1v) is 10.7. The third kappa shape index (κ3) is 4.17. The monoisotopic (exact) mass is 384 g/mol. The number of piperazine rings is 1. The van der Waals surface area contributed by atoms with Crippen LogP contribution in [-0.4, -0.2) is 84.9 Å². The van der Waals surface area contributed by atoms with Crippen molar-refractivity contribution in [1.82, 2.24) is 14.7 Å². The van der Waals surface area contributed by atoms with E-state index in [9.17, 15) is 9.59 Å². The Morgan fingerprint density at radius 1 is 1.04 bits per heavy atom. The molecular formula is C22H32N4O2. The van der Waals surface area contributed by atoms with Gasteiger partial charge >= 0.3 is 0 Å². The summed E-state index contributed by atoms with van der Waals surface area (Å²) in [6.07, 6.45) is 3.71. The van der Waals surface area contributed by atoms with Crippen LogP contribution in [0, 0.1) is 6.92 Å². The first kappa shape index (κ1) is 19.2. The van der Waals surface area contributed by atoms with Gasteiger partial charge in [-0.05, 0) is 37.8 Å². The lowest BCUT2D eigenvalue weighted by Gasteiger charge is -2.44. The summed E-state index contributed by atoms with van der Waals surface area (Å²) in [4.78, 5) is 33.3. The molecule has 1 atom stereocenters. The quantitative estimate of drug-likeness (QED) is 0.793. The fourth-order valence-electron chi connectivity index (χ4n) is 4.86. The van der Waals surface area contributed by atoms with Crippen molar-refractivity contribution in [2.24, 2.45) is 0 Å². The summed E-state index contributed by atoms with van der Waals surface area (Å²) in [5.41, 5.74) is 2.68. The molecule has 6 nitrogen and oxygen atoms in total. The number of piperidine rings is 1. The smallest absolute Gasteiger partial charge is 0.242 e. The molecule has 0 aliphatic carbocycles. The molecule has 4 rings (SSSR count). The molecule has 0 bridgehead atoms. The minimum atomic E-state index is 0.124. The molecule has 0 aromatic heterocycles. The van der Waals surface area contributed by atoms with Crippen LogP contribution in [0.15, 0.2) is 24.3 Å². The minimum absolute atomic E-state index is 0.124. The number of nitrogens with zero attached hydrogens (tertiary/aromatic N) is 4. The fraction of sp³-hybridized carbons (Fsp3) is 0.636. The highest BCUT2D eigenvalue weighted by molar-refractivity contribution is 5.86. The van der Waals surface area contributed by atoms with E-state index >= 15 is 0 Å². The van der Waals surface area contributed by atoms with E-state index in [0.29, 0.717) is 12.5 Å². The van der Waals surface area contributed by atoms with Gasteiger partial charge in [-0.1, -0.05) is 18.2 Å². The number of likely N-dealkylation sites (tertiary alicyclic amines) is 2. The van der Waals surface area contributed by atoms with E-state index in [1.807, 2.05) is 4.90 Å². The number of aryl methyl sites for hydroxylation is 1. The summed E-state index contributed by atoms with van der Waals surface area (Å²) >= 11 is 0. The second-order valence-corrected chi connectivity index (χ2v) is 8.36. The molecule has 3 aliphatic rings. The molecule has 0 saturated carbocycles. The Bertz CT molecular complexity index is 714. The fourth-order valence-corrected chi connectivity index (χ4v) is 4.86. The minimum Gasteiger partial charge on any atom is -0.369 e. The average Bonchev–Trinajstić information content (AvgIpc) is 3.13. The number of carbonyl (C=O) groups is 2. The molecule has 0 spiro atoms. The standard InChI is InChI=1S/C22H32N4O2/c1-18-6-2-3-8-20(18)24-14-12-23(13-15-24)19-7-4-10-25(16-19)22(28)17-26-11-5-9-21(26)27/h2-3,6,8,19H,4-5,7,9-17H2,1H3/t19-/m0/s1. The van der Waals surface area contributed by atoms with E-state index in [-0.39, 0.29) is 18.4 Å². The van der Waals surface area contributed by atoms with Crippen molar-refractivity contribution in [2.75, 3.05) is 57.3 Å². The Labute approximate surface area is 168 Å². The summed E-state index contributed by atoms with van der Waals surface area (Å²) in [7, 11) is 0. The lowest BCUT2D eigenvalue weighted by atomic mass is 10.0. The SMILES string of the molecule is Cc1ccccc1N1CCN([C@H]2CCCN(C(=O)CN3CCCC3=O)C2)CC1. The van der Waals surface area contributed by atoms with Crippen molar-refractivity contribution in [3.8, 4) is 0 Å². The largest absolute Gasteiger partial charge is 0.369 e. The first-order valence-electron chi connectivity index (χ1n) is 10.7. The van der Waals surface area contributed by atoms with Gasteiger partial charge in [-0.2, -0.15) is 0 Å². The first-order chi connectivity index (χ1) is 13.6. The van der Waals surface area contributed by atoms with Gasteiger partial charge in [0.05, 0.1) is 6.54 Å². The second-order valence-electron chi connectivity index (χ2n) is 8.36. The third-order valence-corrected chi connectivity index (χ3v) is 6.53. The summed E-state index contributed by atoms with van der Waals surface area (Å²) in [6, 6.07) is 9.05. The van der Waals surface area contributed by atoms with Crippen LogP contribution in [0.1, 0.15) is 31.2 Å². The number of benzene rings is 1. The molecule has 152 valence electrons. The van der Waals surface area contributed by atoms with Crippen molar-refractivity contribution < 1.29 is 9.59 Å². The lowest BCUT2D eigenvalue weighted by molar-refractivity contribution is -0.139. The maximum Gasteiger partial charge on any atom is 0.242 e. The Hall–Kier alpha value is -2.08. The van der Waals surface area contributed by atoms with Crippen molar-refractivity contribution >= 4 is 17.5 Å². The van der Waals surface area contributed by atoms with Gasteiger partial charge < -0.3 is 14.7 Å². The van der Waals surface area contributed by atoms with Crippen LogP contribution in [-0.2, 0) is 9.59 Å². The topological polar surface area (TPSA) is 47.1 Å². The summed E-state index contributed by atoms with van der Waals surface area (Å²) < 4.78 is 0. The highest BCUT2D eigenvalue weighted by Crippen LogP contribution is 2.23. The normalized spacial score (nSPS) is 24.1. The number of hydrogen-bond donors (Lipinski definition) is 0. The maximum absolute atomic E-state index is 12.7. The molecule has 0 N–H and O–H groups in total. The van der Waals surface area contributed by atoms with Crippen molar-refractivity contribution in [3.63, 3.8) is 0 Å². The third-order valence-electron chi connectivity index (χ3n) is 6.53. The number of amides is 2. The van der Waals surface area contributed by atoms with Crippen LogP contribution < -0.4 is 4.90 Å². The summed E-state index contributed by atoms with van der Waals surface area (Å²) in [5, 5.41) is 0. The number of anilines is 1. The summed E-state index contributed by atoms with van der Waals surface area (Å²) in [6.45, 7) is 9.00. The van der Waals surface area contributed by atoms with Gasteiger partial charge in [0.15, 0.2) is 0 Å². The van der Waals surface area contributed by atoms with Crippen LogP contribution in [0.25, 0.3) is 0 Å². The van der Waals surface area contributed by atoms with Crippen molar-refractivity contribution in [3.05, 3.63) is 29.8 Å². The van der Waals surface area contributed by atoms with Gasteiger partial charge in [0, 0.05) is 64.0 Å². The van der Waals surface area contributed by atoms with Gasteiger partial charge in [0.2, 0.25) is 11.8 Å². The van der Waals surface area contributed by atoms with E-state index < -0.39 is 0 Å². The number of carbonyl (C=O) groups excluding carboxylic acids is 2.